The summed E-state index contributed by atoms with van der Waals surface area (Å²) in [5.41, 5.74) is -5.04. The molecule has 1 aliphatic heterocycles. The quantitative estimate of drug-likeness (QED) is 0.572. The van der Waals surface area contributed by atoms with Gasteiger partial charge in [-0.25, -0.2) is 9.18 Å². The van der Waals surface area contributed by atoms with Crippen LogP contribution in [0, 0.1) is 0 Å². The van der Waals surface area contributed by atoms with Crippen LogP contribution in [0.15, 0.2) is 42.5 Å². The van der Waals surface area contributed by atoms with Crippen LogP contribution in [0.25, 0.3) is 0 Å². The van der Waals surface area contributed by atoms with Crippen molar-refractivity contribution in [1.29, 1.82) is 0 Å². The maximum atomic E-state index is 14.4. The molecule has 10 heteroatoms. The van der Waals surface area contributed by atoms with Gasteiger partial charge in [-0.3, -0.25) is 0 Å². The number of nitrogens with zero attached hydrogens (tertiary/aromatic N) is 1. The summed E-state index contributed by atoms with van der Waals surface area (Å²) in [6.45, 7) is 0.598. The first-order valence-electron chi connectivity index (χ1n) is 9.90. The van der Waals surface area contributed by atoms with E-state index in [0.29, 0.717) is 42.6 Å². The molecule has 2 aliphatic rings. The van der Waals surface area contributed by atoms with Crippen LogP contribution in [0.5, 0.6) is 0 Å². The van der Waals surface area contributed by atoms with Crippen LogP contribution < -0.4 is 4.90 Å². The first-order valence-corrected chi connectivity index (χ1v) is 9.90. The van der Waals surface area contributed by atoms with Crippen molar-refractivity contribution in [2.45, 2.75) is 49.2 Å². The molecule has 172 valence electrons. The lowest BCUT2D eigenvalue weighted by molar-refractivity contribution is -0.348. The van der Waals surface area contributed by atoms with Gasteiger partial charge in [0.05, 0.1) is 5.56 Å². The van der Waals surface area contributed by atoms with E-state index < -0.39 is 29.6 Å². The van der Waals surface area contributed by atoms with E-state index in [1.165, 1.54) is 18.2 Å². The highest BCUT2D eigenvalue weighted by Crippen LogP contribution is 2.54. The lowest BCUT2D eigenvalue weighted by Gasteiger charge is -2.36. The number of anilines is 1. The summed E-state index contributed by atoms with van der Waals surface area (Å²) in [5, 5.41) is 9.04. The van der Waals surface area contributed by atoms with Crippen LogP contribution in [0.3, 0.4) is 0 Å². The molecule has 1 saturated heterocycles. The molecule has 3 nitrogen and oxygen atoms in total. The maximum Gasteiger partial charge on any atom is 0.435 e. The molecule has 1 heterocycles. The molecule has 1 aliphatic carbocycles. The second kappa shape index (κ2) is 7.38. The van der Waals surface area contributed by atoms with E-state index in [4.69, 9.17) is 5.11 Å². The first-order chi connectivity index (χ1) is 14.8. The number of alkyl halides is 7. The zero-order valence-electron chi connectivity index (χ0n) is 16.5. The monoisotopic (exact) mass is 461 g/mol. The van der Waals surface area contributed by atoms with Gasteiger partial charge in [-0.2, -0.15) is 26.3 Å². The van der Waals surface area contributed by atoms with Crippen molar-refractivity contribution >= 4 is 11.7 Å². The zero-order valence-corrected chi connectivity index (χ0v) is 16.5. The minimum absolute atomic E-state index is 0.0376. The molecule has 2 aromatic carbocycles. The summed E-state index contributed by atoms with van der Waals surface area (Å²) in [6.07, 6.45) is -11.0. The van der Waals surface area contributed by atoms with Gasteiger partial charge in [0.15, 0.2) is 0 Å². The Balaban J connectivity index is 1.65. The molecular weight excluding hydrogens is 443 g/mol. The van der Waals surface area contributed by atoms with Gasteiger partial charge in [0.25, 0.3) is 0 Å². The Labute approximate surface area is 178 Å². The number of aromatic carboxylic acids is 1. The van der Waals surface area contributed by atoms with Crippen molar-refractivity contribution in [2.75, 3.05) is 11.4 Å². The fourth-order valence-corrected chi connectivity index (χ4v) is 4.88. The molecule has 32 heavy (non-hydrogen) atoms. The van der Waals surface area contributed by atoms with Crippen molar-refractivity contribution < 1.29 is 40.6 Å². The molecule has 2 unspecified atom stereocenters. The van der Waals surface area contributed by atoms with Gasteiger partial charge in [0.1, 0.15) is 0 Å². The summed E-state index contributed by atoms with van der Waals surface area (Å²) >= 11 is 0. The largest absolute Gasteiger partial charge is 0.478 e. The Morgan fingerprint density at radius 1 is 0.906 bits per heavy atom. The summed E-state index contributed by atoms with van der Waals surface area (Å²) in [7, 11) is 0. The Hall–Kier alpha value is -2.78. The van der Waals surface area contributed by atoms with Crippen LogP contribution in [0.1, 0.15) is 45.8 Å². The fraction of sp³-hybridized carbons (Fsp3) is 0.409. The molecule has 2 aromatic rings. The molecule has 1 N–H and O–H groups in total. The minimum Gasteiger partial charge on any atom is -0.478 e. The molecule has 0 radical (unpaired) electrons. The number of fused-ring (bicyclic) bond motifs is 3. The molecule has 0 spiro atoms. The van der Waals surface area contributed by atoms with Gasteiger partial charge in [-0.05, 0) is 54.7 Å². The number of aryl methyl sites for hydroxylation is 1. The molecule has 2 atom stereocenters. The fourth-order valence-electron chi connectivity index (χ4n) is 4.88. The lowest BCUT2D eigenvalue weighted by Crippen LogP contribution is -2.50. The Kier molecular flexibility index (Phi) is 5.17. The van der Waals surface area contributed by atoms with Crippen molar-refractivity contribution in [3.63, 3.8) is 0 Å². The normalized spacial score (nSPS) is 21.3. The summed E-state index contributed by atoms with van der Waals surface area (Å²) in [5.74, 6) is -1.18. The molecule has 0 amide bonds. The van der Waals surface area contributed by atoms with Gasteiger partial charge in [-0.1, -0.05) is 18.2 Å². The number of benzene rings is 2. The van der Waals surface area contributed by atoms with Crippen LogP contribution in [0.2, 0.25) is 0 Å². The van der Waals surface area contributed by atoms with E-state index >= 15 is 0 Å². The van der Waals surface area contributed by atoms with E-state index in [0.717, 1.165) is 5.69 Å². The average Bonchev–Trinajstić information content (AvgIpc) is 3.15. The van der Waals surface area contributed by atoms with Crippen LogP contribution >= 0.6 is 0 Å². The molecule has 1 fully saturated rings. The van der Waals surface area contributed by atoms with Crippen LogP contribution in [0.4, 0.5) is 36.4 Å². The molecule has 0 bridgehead atoms. The minimum atomic E-state index is -6.14. The number of rotatable bonds is 3. The third kappa shape index (κ3) is 3.40. The summed E-state index contributed by atoms with van der Waals surface area (Å²) in [4.78, 5) is 13.1. The van der Waals surface area contributed by atoms with E-state index in [1.807, 2.05) is 0 Å². The Morgan fingerprint density at radius 3 is 2.09 bits per heavy atom. The second-order valence-electron chi connectivity index (χ2n) is 8.11. The Bertz CT molecular complexity index is 1020. The predicted octanol–water partition coefficient (Wildman–Crippen LogP) is 5.98. The summed E-state index contributed by atoms with van der Waals surface area (Å²) in [6, 6.07) is 8.74. The number of hydrogen-bond acceptors (Lipinski definition) is 2. The van der Waals surface area contributed by atoms with E-state index in [-0.39, 0.29) is 23.9 Å². The van der Waals surface area contributed by atoms with Crippen molar-refractivity contribution in [1.82, 2.24) is 0 Å². The van der Waals surface area contributed by atoms with Crippen molar-refractivity contribution in [3.05, 3.63) is 64.7 Å². The molecule has 0 aromatic heterocycles. The maximum absolute atomic E-state index is 14.4. The SMILES string of the molecule is O=C(O)c1ccc(N2CCC3c4ccc(C(F)(C(F)(F)F)C(F)(F)F)cc4CCC32)cc1. The van der Waals surface area contributed by atoms with Crippen molar-refractivity contribution in [2.24, 2.45) is 0 Å². The van der Waals surface area contributed by atoms with E-state index in [9.17, 15) is 35.5 Å². The number of carbonyl (C=O) groups is 1. The topological polar surface area (TPSA) is 40.5 Å². The standard InChI is InChI=1S/C22H18F7NO2/c23-20(21(24,25)26,22(27,28)29)14-4-7-16-13(11-14)3-8-18-17(16)9-10-30(18)15-5-1-12(2-6-15)19(31)32/h1-2,4-7,11,17-18H,3,8-10H2,(H,31,32). The Morgan fingerprint density at radius 2 is 1.53 bits per heavy atom. The average molecular weight is 461 g/mol. The number of carboxylic acid groups (broad SMARTS) is 1. The smallest absolute Gasteiger partial charge is 0.435 e. The third-order valence-corrected chi connectivity index (χ3v) is 6.42. The molecule has 4 rings (SSSR count). The highest BCUT2D eigenvalue weighted by Gasteiger charge is 2.73. The van der Waals surface area contributed by atoms with Crippen LogP contribution in [-0.4, -0.2) is 36.0 Å². The van der Waals surface area contributed by atoms with Gasteiger partial charge < -0.3 is 10.0 Å². The van der Waals surface area contributed by atoms with Gasteiger partial charge in [0, 0.05) is 29.8 Å². The molecular formula is C22H18F7NO2. The number of hydrogen-bond donors (Lipinski definition) is 1. The van der Waals surface area contributed by atoms with Crippen LogP contribution in [-0.2, 0) is 12.1 Å². The van der Waals surface area contributed by atoms with Gasteiger partial charge in [-0.15, -0.1) is 0 Å². The first kappa shape index (κ1) is 22.4. The number of halogens is 7. The predicted molar refractivity (Wildman–Crippen MR) is 102 cm³/mol. The van der Waals surface area contributed by atoms with Gasteiger partial charge in [0.2, 0.25) is 0 Å². The van der Waals surface area contributed by atoms with Gasteiger partial charge >= 0.3 is 24.0 Å². The highest BCUT2D eigenvalue weighted by atomic mass is 19.4. The highest BCUT2D eigenvalue weighted by molar-refractivity contribution is 5.88. The number of carboxylic acids is 1. The van der Waals surface area contributed by atoms with E-state index in [1.54, 1.807) is 12.1 Å². The summed E-state index contributed by atoms with van der Waals surface area (Å²) < 4.78 is 93.1. The molecule has 0 saturated carbocycles. The zero-order chi connectivity index (χ0) is 23.5. The van der Waals surface area contributed by atoms with Crippen molar-refractivity contribution in [3.8, 4) is 0 Å². The lowest BCUT2D eigenvalue weighted by atomic mass is 9.77. The van der Waals surface area contributed by atoms with E-state index in [2.05, 4.69) is 4.90 Å². The third-order valence-electron chi connectivity index (χ3n) is 6.42. The second-order valence-corrected chi connectivity index (χ2v) is 8.11.